The average molecular weight is 265 g/mol. The van der Waals surface area contributed by atoms with E-state index >= 15 is 0 Å². The summed E-state index contributed by atoms with van der Waals surface area (Å²) in [4.78, 5) is 33.2. The van der Waals surface area contributed by atoms with Crippen molar-refractivity contribution in [1.29, 1.82) is 0 Å². The summed E-state index contributed by atoms with van der Waals surface area (Å²) in [6.07, 6.45) is 1.91. The molecule has 0 aliphatic heterocycles. The number of carbonyl (C=O) groups excluding carboxylic acids is 3. The van der Waals surface area contributed by atoms with E-state index in [4.69, 9.17) is 0 Å². The smallest absolute Gasteiger partial charge is 0.328 e. The third-order valence-corrected chi connectivity index (χ3v) is 2.31. The van der Waals surface area contributed by atoms with E-state index < -0.39 is 18.0 Å². The number of urea groups is 1. The SMILES string of the molecule is CNC(=O)NC(CCCCNC(C)=O)C(=O)OC.[HH].[HH].[HH]. The minimum Gasteiger partial charge on any atom is -0.467 e. The average Bonchev–Trinajstić information content (AvgIpc) is 2.35. The van der Waals surface area contributed by atoms with Gasteiger partial charge in [-0.3, -0.25) is 4.79 Å². The molecule has 7 heteroatoms. The van der Waals surface area contributed by atoms with Gasteiger partial charge in [0.05, 0.1) is 7.11 Å². The summed E-state index contributed by atoms with van der Waals surface area (Å²) in [6, 6.07) is -1.08. The van der Waals surface area contributed by atoms with Crippen molar-refractivity contribution in [1.82, 2.24) is 16.0 Å². The predicted octanol–water partition coefficient (Wildman–Crippen LogP) is 0.501. The third kappa shape index (κ3) is 7.48. The highest BCUT2D eigenvalue weighted by molar-refractivity contribution is 5.83. The molecule has 3 amide bonds. The molecule has 0 aliphatic carbocycles. The van der Waals surface area contributed by atoms with Gasteiger partial charge in [0.1, 0.15) is 6.04 Å². The van der Waals surface area contributed by atoms with Crippen LogP contribution < -0.4 is 16.0 Å². The normalized spacial score (nSPS) is 11.3. The van der Waals surface area contributed by atoms with Crippen molar-refractivity contribution in [3.8, 4) is 0 Å². The number of hydrogen-bond donors (Lipinski definition) is 3. The van der Waals surface area contributed by atoms with E-state index in [0.29, 0.717) is 19.4 Å². The van der Waals surface area contributed by atoms with Crippen LogP contribution >= 0.6 is 0 Å². The van der Waals surface area contributed by atoms with Crippen molar-refractivity contribution in [3.05, 3.63) is 0 Å². The summed E-state index contributed by atoms with van der Waals surface area (Å²) in [5.74, 6) is -0.555. The first-order valence-electron chi connectivity index (χ1n) is 5.81. The van der Waals surface area contributed by atoms with Crippen molar-refractivity contribution in [2.45, 2.75) is 32.2 Å². The van der Waals surface area contributed by atoms with Crippen LogP contribution in [0, 0.1) is 0 Å². The molecule has 0 aromatic heterocycles. The number of rotatable bonds is 7. The first-order chi connectivity index (χ1) is 8.51. The Labute approximate surface area is 111 Å². The molecule has 3 N–H and O–H groups in total. The molecule has 0 heterocycles. The van der Waals surface area contributed by atoms with Crippen molar-refractivity contribution < 1.29 is 23.4 Å². The first kappa shape index (κ1) is 16.2. The highest BCUT2D eigenvalue weighted by Gasteiger charge is 2.20. The number of amides is 3. The van der Waals surface area contributed by atoms with Crippen molar-refractivity contribution in [2.75, 3.05) is 20.7 Å². The van der Waals surface area contributed by atoms with Crippen molar-refractivity contribution in [3.63, 3.8) is 0 Å². The lowest BCUT2D eigenvalue weighted by molar-refractivity contribution is -0.143. The number of nitrogens with one attached hydrogen (secondary N) is 3. The van der Waals surface area contributed by atoms with E-state index in [1.165, 1.54) is 21.1 Å². The molecule has 0 radical (unpaired) electrons. The lowest BCUT2D eigenvalue weighted by atomic mass is 10.1. The molecule has 1 atom stereocenters. The zero-order valence-corrected chi connectivity index (χ0v) is 11.0. The van der Waals surface area contributed by atoms with Gasteiger partial charge in [-0.15, -0.1) is 0 Å². The standard InChI is InChI=1S/C11H21N3O4.3H2/c1-8(15)13-7-5-4-6-9(10(16)18-3)14-11(17)12-2;;;/h9H,4-7H2,1-3H3,(H,13,15)(H2,12,14,17);3*1H. The van der Waals surface area contributed by atoms with Crippen LogP contribution in [0.4, 0.5) is 4.79 Å². The van der Waals surface area contributed by atoms with Gasteiger partial charge in [0, 0.05) is 24.8 Å². The molecule has 0 saturated heterocycles. The summed E-state index contributed by atoms with van der Waals surface area (Å²) in [6.45, 7) is 2.01. The number of ether oxygens (including phenoxy) is 1. The van der Waals surface area contributed by atoms with Crippen LogP contribution in [0.1, 0.15) is 30.5 Å². The van der Waals surface area contributed by atoms with Crippen LogP contribution in [0.2, 0.25) is 0 Å². The maximum absolute atomic E-state index is 11.4. The zero-order chi connectivity index (χ0) is 14.0. The van der Waals surface area contributed by atoms with Crippen LogP contribution in [0.15, 0.2) is 0 Å². The molecule has 0 bridgehead atoms. The van der Waals surface area contributed by atoms with Gasteiger partial charge in [0.25, 0.3) is 0 Å². The maximum atomic E-state index is 11.4. The molecule has 0 aliphatic rings. The molecule has 0 saturated carbocycles. The highest BCUT2D eigenvalue weighted by Crippen LogP contribution is 2.02. The number of methoxy groups -OCH3 is 1. The lowest BCUT2D eigenvalue weighted by Gasteiger charge is -2.16. The van der Waals surface area contributed by atoms with E-state index in [1.54, 1.807) is 0 Å². The minimum absolute atomic E-state index is 0. The second kappa shape index (κ2) is 9.26. The van der Waals surface area contributed by atoms with Crippen molar-refractivity contribution >= 4 is 17.9 Å². The molecule has 0 aromatic carbocycles. The van der Waals surface area contributed by atoms with Gasteiger partial charge in [-0.1, -0.05) is 0 Å². The second-order valence-corrected chi connectivity index (χ2v) is 3.78. The number of esters is 1. The quantitative estimate of drug-likeness (QED) is 0.461. The fourth-order valence-corrected chi connectivity index (χ4v) is 1.36. The summed E-state index contributed by atoms with van der Waals surface area (Å²) < 4.78 is 4.60. The molecular weight excluding hydrogens is 238 g/mol. The van der Waals surface area contributed by atoms with Gasteiger partial charge >= 0.3 is 12.0 Å². The molecule has 7 nitrogen and oxygen atoms in total. The Morgan fingerprint density at radius 1 is 1.28 bits per heavy atom. The molecule has 110 valence electrons. The van der Waals surface area contributed by atoms with Crippen molar-refractivity contribution in [2.24, 2.45) is 0 Å². The fourth-order valence-electron chi connectivity index (χ4n) is 1.36. The van der Waals surface area contributed by atoms with Gasteiger partial charge in [0.2, 0.25) is 5.91 Å². The summed E-state index contributed by atoms with van der Waals surface area (Å²) in [7, 11) is 2.75. The van der Waals surface area contributed by atoms with E-state index in [-0.39, 0.29) is 10.2 Å². The fraction of sp³-hybridized carbons (Fsp3) is 0.727. The molecule has 0 spiro atoms. The summed E-state index contributed by atoms with van der Waals surface area (Å²) in [5.41, 5.74) is 0. The Bertz CT molecular complexity index is 306. The third-order valence-electron chi connectivity index (χ3n) is 2.31. The zero-order valence-electron chi connectivity index (χ0n) is 11.0. The van der Waals surface area contributed by atoms with Gasteiger partial charge in [-0.25, -0.2) is 9.59 Å². The molecular formula is C11H27N3O4. The molecule has 0 aromatic rings. The topological polar surface area (TPSA) is 96.5 Å². The van der Waals surface area contributed by atoms with Gasteiger partial charge < -0.3 is 20.7 Å². The Hall–Kier alpha value is -1.79. The lowest BCUT2D eigenvalue weighted by Crippen LogP contribution is -2.45. The van der Waals surface area contributed by atoms with Crippen LogP contribution in [-0.2, 0) is 14.3 Å². The molecule has 0 fully saturated rings. The molecule has 1 unspecified atom stereocenters. The van der Waals surface area contributed by atoms with E-state index in [2.05, 4.69) is 20.7 Å². The Kier molecular flexibility index (Phi) is 8.34. The predicted molar refractivity (Wildman–Crippen MR) is 72.3 cm³/mol. The van der Waals surface area contributed by atoms with Crippen LogP contribution in [0.25, 0.3) is 0 Å². The van der Waals surface area contributed by atoms with E-state index in [1.807, 2.05) is 0 Å². The number of hydrogen-bond acceptors (Lipinski definition) is 4. The van der Waals surface area contributed by atoms with Crippen LogP contribution in [0.5, 0.6) is 0 Å². The van der Waals surface area contributed by atoms with E-state index in [0.717, 1.165) is 6.42 Å². The monoisotopic (exact) mass is 265 g/mol. The molecule has 0 rings (SSSR count). The van der Waals surface area contributed by atoms with E-state index in [9.17, 15) is 14.4 Å². The van der Waals surface area contributed by atoms with Gasteiger partial charge in [-0.2, -0.15) is 0 Å². The van der Waals surface area contributed by atoms with Crippen LogP contribution in [0.3, 0.4) is 0 Å². The maximum Gasteiger partial charge on any atom is 0.328 e. The largest absolute Gasteiger partial charge is 0.467 e. The Balaban J connectivity index is -0.000000482. The Morgan fingerprint density at radius 3 is 2.44 bits per heavy atom. The number of carbonyl (C=O) groups is 3. The highest BCUT2D eigenvalue weighted by atomic mass is 16.5. The Morgan fingerprint density at radius 2 is 1.94 bits per heavy atom. The number of unbranched alkanes of at least 4 members (excludes halogenated alkanes) is 1. The molecule has 18 heavy (non-hydrogen) atoms. The van der Waals surface area contributed by atoms with Gasteiger partial charge in [0.15, 0.2) is 0 Å². The minimum atomic E-state index is -0.660. The second-order valence-electron chi connectivity index (χ2n) is 3.78. The van der Waals surface area contributed by atoms with Crippen LogP contribution in [-0.4, -0.2) is 44.7 Å². The summed E-state index contributed by atoms with van der Waals surface area (Å²) >= 11 is 0. The van der Waals surface area contributed by atoms with Gasteiger partial charge in [-0.05, 0) is 19.3 Å². The first-order valence-corrected chi connectivity index (χ1v) is 5.81. The summed E-state index contributed by atoms with van der Waals surface area (Å²) in [5, 5.41) is 7.54.